The topological polar surface area (TPSA) is 65.3 Å². The van der Waals surface area contributed by atoms with Crippen molar-refractivity contribution in [3.63, 3.8) is 0 Å². The predicted molar refractivity (Wildman–Crippen MR) is 122 cm³/mol. The average Bonchev–Trinajstić information content (AvgIpc) is 2.68. The molecule has 0 radical (unpaired) electrons. The lowest BCUT2D eigenvalue weighted by molar-refractivity contribution is -0.167. The average molecular weight is 423 g/mol. The van der Waals surface area contributed by atoms with Crippen LogP contribution in [-0.4, -0.2) is 60.8 Å². The van der Waals surface area contributed by atoms with Crippen LogP contribution in [0.25, 0.3) is 0 Å². The highest BCUT2D eigenvalue weighted by Gasteiger charge is 2.57. The van der Waals surface area contributed by atoms with Crippen molar-refractivity contribution >= 4 is 6.21 Å². The minimum Gasteiger partial charge on any atom is -0.395 e. The van der Waals surface area contributed by atoms with E-state index in [1.807, 2.05) is 20.3 Å². The van der Waals surface area contributed by atoms with E-state index >= 15 is 0 Å². The first-order valence-corrected chi connectivity index (χ1v) is 12.4. The third-order valence-electron chi connectivity index (χ3n) is 9.07. The van der Waals surface area contributed by atoms with E-state index in [-0.39, 0.29) is 29.0 Å². The van der Waals surface area contributed by atoms with Crippen LogP contribution in [0.4, 0.5) is 0 Å². The molecule has 8 atom stereocenters. The van der Waals surface area contributed by atoms with E-state index in [2.05, 4.69) is 30.8 Å². The maximum atomic E-state index is 11.3. The number of rotatable bonds is 8. The van der Waals surface area contributed by atoms with Gasteiger partial charge in [-0.05, 0) is 100.0 Å². The van der Waals surface area contributed by atoms with Crippen molar-refractivity contribution in [2.45, 2.75) is 90.8 Å². The summed E-state index contributed by atoms with van der Waals surface area (Å²) in [6, 6.07) is 0. The summed E-state index contributed by atoms with van der Waals surface area (Å²) in [6.45, 7) is 8.46. The third-order valence-corrected chi connectivity index (χ3v) is 9.07. The summed E-state index contributed by atoms with van der Waals surface area (Å²) in [7, 11) is 4.04. The Morgan fingerprint density at radius 2 is 1.93 bits per heavy atom. The van der Waals surface area contributed by atoms with Gasteiger partial charge in [0, 0.05) is 12.8 Å². The van der Waals surface area contributed by atoms with Crippen LogP contribution in [0.2, 0.25) is 0 Å². The molecule has 0 spiro atoms. The molecule has 0 aromatic carbocycles. The minimum atomic E-state index is -0.244. The molecule has 3 fully saturated rings. The fourth-order valence-corrected chi connectivity index (χ4v) is 7.27. The standard InChI is InChI=1S/C25H46N2O3/c1-6-11-24(2)12-9-21-20(23(24)29)8-7-19-16-22(28)18(17-25(19,21)3)10-13-26-30-15-14-27(4)5/h13,18-23,28-29H,6-12,14-17H2,1-5H3/b26-13+/t18?,19-,20-,21+,22-,23+,24+,25+/m1/s1. The Kier molecular flexibility index (Phi) is 7.90. The van der Waals surface area contributed by atoms with Crippen molar-refractivity contribution in [3.8, 4) is 0 Å². The molecule has 2 N–H and O–H groups in total. The van der Waals surface area contributed by atoms with E-state index in [0.29, 0.717) is 24.4 Å². The number of oxime groups is 1. The van der Waals surface area contributed by atoms with Crippen molar-refractivity contribution in [3.05, 3.63) is 0 Å². The molecule has 30 heavy (non-hydrogen) atoms. The number of hydrogen-bond donors (Lipinski definition) is 2. The molecule has 3 aliphatic carbocycles. The molecule has 0 heterocycles. The molecule has 5 nitrogen and oxygen atoms in total. The summed E-state index contributed by atoms with van der Waals surface area (Å²) in [5.41, 5.74) is 0.310. The van der Waals surface area contributed by atoms with Gasteiger partial charge in [0.15, 0.2) is 0 Å². The number of likely N-dealkylation sites (N-methyl/N-ethyl adjacent to an activating group) is 1. The highest BCUT2D eigenvalue weighted by molar-refractivity contribution is 5.56. The summed E-state index contributed by atoms with van der Waals surface area (Å²) in [5.74, 6) is 1.84. The zero-order valence-corrected chi connectivity index (χ0v) is 20.0. The van der Waals surface area contributed by atoms with Gasteiger partial charge in [-0.2, -0.15) is 0 Å². The van der Waals surface area contributed by atoms with E-state index in [0.717, 1.165) is 57.9 Å². The molecule has 1 unspecified atom stereocenters. The number of hydrogen-bond acceptors (Lipinski definition) is 5. The summed E-state index contributed by atoms with van der Waals surface area (Å²) >= 11 is 0. The lowest BCUT2D eigenvalue weighted by atomic mass is 9.45. The van der Waals surface area contributed by atoms with Gasteiger partial charge >= 0.3 is 0 Å². The fraction of sp³-hybridized carbons (Fsp3) is 0.960. The van der Waals surface area contributed by atoms with Gasteiger partial charge in [-0.3, -0.25) is 0 Å². The second-order valence-corrected chi connectivity index (χ2v) is 11.4. The van der Waals surface area contributed by atoms with Crippen LogP contribution < -0.4 is 0 Å². The first-order chi connectivity index (χ1) is 14.2. The van der Waals surface area contributed by atoms with Gasteiger partial charge in [0.2, 0.25) is 0 Å². The molecular formula is C25H46N2O3. The van der Waals surface area contributed by atoms with Gasteiger partial charge < -0.3 is 20.0 Å². The quantitative estimate of drug-likeness (QED) is 0.347. The summed E-state index contributed by atoms with van der Waals surface area (Å²) in [6.07, 6.45) is 11.1. The Morgan fingerprint density at radius 1 is 1.17 bits per heavy atom. The van der Waals surface area contributed by atoms with Crippen molar-refractivity contribution < 1.29 is 15.1 Å². The smallest absolute Gasteiger partial charge is 0.129 e. The second kappa shape index (κ2) is 9.87. The first kappa shape index (κ1) is 24.0. The van der Waals surface area contributed by atoms with Gasteiger partial charge in [0.05, 0.1) is 12.2 Å². The molecule has 5 heteroatoms. The summed E-state index contributed by atoms with van der Waals surface area (Å²) < 4.78 is 0. The van der Waals surface area contributed by atoms with Gasteiger partial charge in [-0.15, -0.1) is 0 Å². The van der Waals surface area contributed by atoms with Crippen molar-refractivity contribution in [2.75, 3.05) is 27.2 Å². The third kappa shape index (κ3) is 4.88. The highest BCUT2D eigenvalue weighted by Crippen LogP contribution is 2.62. The normalized spacial score (nSPS) is 44.1. The van der Waals surface area contributed by atoms with E-state index in [9.17, 15) is 10.2 Å². The Bertz CT molecular complexity index is 583. The largest absolute Gasteiger partial charge is 0.395 e. The van der Waals surface area contributed by atoms with E-state index in [4.69, 9.17) is 4.84 Å². The van der Waals surface area contributed by atoms with Gasteiger partial charge in [-0.25, -0.2) is 0 Å². The second-order valence-electron chi connectivity index (χ2n) is 11.4. The van der Waals surface area contributed by atoms with Gasteiger partial charge in [-0.1, -0.05) is 32.3 Å². The zero-order chi connectivity index (χ0) is 21.9. The molecule has 3 aliphatic rings. The summed E-state index contributed by atoms with van der Waals surface area (Å²) in [4.78, 5) is 7.44. The first-order valence-electron chi connectivity index (χ1n) is 12.4. The van der Waals surface area contributed by atoms with Crippen LogP contribution in [0, 0.1) is 34.5 Å². The lowest BCUT2D eigenvalue weighted by Gasteiger charge is -2.61. The van der Waals surface area contributed by atoms with Crippen LogP contribution in [0.3, 0.4) is 0 Å². The Morgan fingerprint density at radius 3 is 2.63 bits per heavy atom. The van der Waals surface area contributed by atoms with Crippen LogP contribution in [0.5, 0.6) is 0 Å². The number of fused-ring (bicyclic) bond motifs is 3. The van der Waals surface area contributed by atoms with Crippen molar-refractivity contribution in [1.82, 2.24) is 4.90 Å². The number of aliphatic hydroxyl groups is 2. The van der Waals surface area contributed by atoms with Crippen LogP contribution >= 0.6 is 0 Å². The molecule has 0 aromatic heterocycles. The number of aliphatic hydroxyl groups excluding tert-OH is 2. The molecule has 0 bridgehead atoms. The van der Waals surface area contributed by atoms with Gasteiger partial charge in [0.25, 0.3) is 0 Å². The Balaban J connectivity index is 1.64. The van der Waals surface area contributed by atoms with E-state index in [1.165, 1.54) is 6.42 Å². The molecule has 0 saturated heterocycles. The van der Waals surface area contributed by atoms with Gasteiger partial charge in [0.1, 0.15) is 6.61 Å². The van der Waals surface area contributed by atoms with E-state index < -0.39 is 0 Å². The van der Waals surface area contributed by atoms with Crippen LogP contribution in [-0.2, 0) is 4.84 Å². The lowest BCUT2D eigenvalue weighted by Crippen LogP contribution is -2.57. The minimum absolute atomic E-state index is 0.0866. The van der Waals surface area contributed by atoms with Crippen molar-refractivity contribution in [1.29, 1.82) is 0 Å². The highest BCUT2D eigenvalue weighted by atomic mass is 16.6. The fourth-order valence-electron chi connectivity index (χ4n) is 7.27. The number of nitrogens with zero attached hydrogens (tertiary/aromatic N) is 2. The SMILES string of the molecule is CCC[C@@]1(C)CC[C@H]2[C@@H](CC[C@@H]3C[C@@H](O)C(C/C=N/OCCN(C)C)C[C@@]32C)[C@@H]1O. The summed E-state index contributed by atoms with van der Waals surface area (Å²) in [5, 5.41) is 26.3. The molecule has 0 amide bonds. The molecule has 0 aliphatic heterocycles. The van der Waals surface area contributed by atoms with E-state index in [1.54, 1.807) is 0 Å². The molecule has 3 rings (SSSR count). The maximum Gasteiger partial charge on any atom is 0.129 e. The van der Waals surface area contributed by atoms with Crippen molar-refractivity contribution in [2.24, 2.45) is 39.7 Å². The Hall–Kier alpha value is -0.650. The van der Waals surface area contributed by atoms with Crippen LogP contribution in [0.1, 0.15) is 78.6 Å². The zero-order valence-electron chi connectivity index (χ0n) is 20.0. The monoisotopic (exact) mass is 422 g/mol. The molecule has 0 aromatic rings. The molecule has 3 saturated carbocycles. The van der Waals surface area contributed by atoms with Crippen LogP contribution in [0.15, 0.2) is 5.16 Å². The maximum absolute atomic E-state index is 11.3. The predicted octanol–water partition coefficient (Wildman–Crippen LogP) is 4.32. The molecule has 174 valence electrons. The molecular weight excluding hydrogens is 376 g/mol. The Labute approximate surface area is 184 Å².